The van der Waals surface area contributed by atoms with E-state index in [9.17, 15) is 9.59 Å². The van der Waals surface area contributed by atoms with Gasteiger partial charge in [-0.05, 0) is 6.92 Å². The number of carbonyl (C=O) groups is 2. The lowest BCUT2D eigenvalue weighted by Crippen LogP contribution is -2.35. The van der Waals surface area contributed by atoms with Crippen LogP contribution in [0, 0.1) is 6.92 Å². The van der Waals surface area contributed by atoms with Crippen LogP contribution in [-0.4, -0.2) is 41.8 Å². The van der Waals surface area contributed by atoms with Gasteiger partial charge in [-0.25, -0.2) is 9.48 Å². The molecule has 1 N–H and O–H groups in total. The van der Waals surface area contributed by atoms with Crippen molar-refractivity contribution in [2.45, 2.75) is 13.8 Å². The molecule has 0 aromatic carbocycles. The monoisotopic (exact) mass is 238 g/mol. The zero-order valence-electron chi connectivity index (χ0n) is 10.1. The lowest BCUT2D eigenvalue weighted by Gasteiger charge is -2.08. The number of esters is 1. The van der Waals surface area contributed by atoms with Gasteiger partial charge >= 0.3 is 5.97 Å². The molecule has 0 spiro atoms. The summed E-state index contributed by atoms with van der Waals surface area (Å²) < 4.78 is 5.97. The lowest BCUT2D eigenvalue weighted by molar-refractivity contribution is -0.117. The minimum Gasteiger partial charge on any atom is -0.465 e. The number of nitrogens with zero attached hydrogens (tertiary/aromatic N) is 3. The second-order valence-corrected chi connectivity index (χ2v) is 3.28. The van der Waals surface area contributed by atoms with Crippen molar-refractivity contribution >= 4 is 17.8 Å². The molecule has 0 aliphatic rings. The van der Waals surface area contributed by atoms with Crippen molar-refractivity contribution in [3.05, 3.63) is 17.5 Å². The molecule has 0 unspecified atom stereocenters. The molecule has 1 aromatic heterocycles. The van der Waals surface area contributed by atoms with E-state index in [0.29, 0.717) is 11.3 Å². The van der Waals surface area contributed by atoms with Crippen molar-refractivity contribution in [3.8, 4) is 0 Å². The Labute approximate surface area is 98.5 Å². The zero-order chi connectivity index (χ0) is 13.0. The minimum absolute atomic E-state index is 0.255. The van der Waals surface area contributed by atoms with Crippen LogP contribution in [0.5, 0.6) is 0 Å². The molecule has 7 nitrogen and oxygen atoms in total. The van der Waals surface area contributed by atoms with Crippen LogP contribution in [0.4, 0.5) is 0 Å². The number of methoxy groups -OCH3 is 1. The Morgan fingerprint density at radius 2 is 2.18 bits per heavy atom. The first kappa shape index (κ1) is 12.9. The first-order chi connectivity index (χ1) is 8.01. The van der Waals surface area contributed by atoms with Gasteiger partial charge in [0.15, 0.2) is 0 Å². The van der Waals surface area contributed by atoms with E-state index in [2.05, 4.69) is 20.1 Å². The van der Waals surface area contributed by atoms with Gasteiger partial charge in [-0.3, -0.25) is 15.1 Å². The van der Waals surface area contributed by atoms with Crippen LogP contribution in [-0.2, 0) is 9.53 Å². The fourth-order valence-electron chi connectivity index (χ4n) is 1.29. The predicted molar refractivity (Wildman–Crippen MR) is 60.9 cm³/mol. The number of hydrogen-bond donors (Lipinski definition) is 1. The SMILES string of the molecule is CN=C(NC(C)=O)n1ncc(C(=O)OC)c1C. The topological polar surface area (TPSA) is 85.6 Å². The Balaban J connectivity index is 3.11. The van der Waals surface area contributed by atoms with E-state index in [-0.39, 0.29) is 11.9 Å². The summed E-state index contributed by atoms with van der Waals surface area (Å²) in [5, 5.41) is 6.50. The molecule has 1 rings (SSSR count). The highest BCUT2D eigenvalue weighted by molar-refractivity contribution is 5.98. The minimum atomic E-state index is -0.480. The highest BCUT2D eigenvalue weighted by atomic mass is 16.5. The van der Waals surface area contributed by atoms with Crippen LogP contribution in [0.2, 0.25) is 0 Å². The highest BCUT2D eigenvalue weighted by Gasteiger charge is 2.17. The molecular formula is C10H14N4O3. The van der Waals surface area contributed by atoms with Gasteiger partial charge in [0.2, 0.25) is 11.9 Å². The molecule has 17 heavy (non-hydrogen) atoms. The Morgan fingerprint density at radius 3 is 2.65 bits per heavy atom. The van der Waals surface area contributed by atoms with Crippen molar-refractivity contribution in [2.75, 3.05) is 14.2 Å². The van der Waals surface area contributed by atoms with Gasteiger partial charge in [-0.15, -0.1) is 0 Å². The third-order valence-electron chi connectivity index (χ3n) is 2.12. The summed E-state index contributed by atoms with van der Waals surface area (Å²) in [5.41, 5.74) is 0.880. The highest BCUT2D eigenvalue weighted by Crippen LogP contribution is 2.08. The van der Waals surface area contributed by atoms with Crippen LogP contribution in [0.3, 0.4) is 0 Å². The number of carbonyl (C=O) groups excluding carboxylic acids is 2. The van der Waals surface area contributed by atoms with Crippen molar-refractivity contribution in [3.63, 3.8) is 0 Å². The van der Waals surface area contributed by atoms with E-state index in [1.54, 1.807) is 6.92 Å². The molecule has 1 heterocycles. The molecule has 0 saturated heterocycles. The van der Waals surface area contributed by atoms with Crippen molar-refractivity contribution in [1.82, 2.24) is 15.1 Å². The Morgan fingerprint density at radius 1 is 1.53 bits per heavy atom. The van der Waals surface area contributed by atoms with Crippen molar-refractivity contribution in [1.29, 1.82) is 0 Å². The van der Waals surface area contributed by atoms with Crippen molar-refractivity contribution < 1.29 is 14.3 Å². The summed E-state index contributed by atoms with van der Waals surface area (Å²) in [4.78, 5) is 26.2. The number of rotatable bonds is 1. The second kappa shape index (κ2) is 5.24. The largest absolute Gasteiger partial charge is 0.465 e. The molecule has 0 atom stereocenters. The van der Waals surface area contributed by atoms with Crippen LogP contribution in [0.15, 0.2) is 11.2 Å². The van der Waals surface area contributed by atoms with Crippen LogP contribution in [0.1, 0.15) is 23.0 Å². The molecule has 92 valence electrons. The number of hydrogen-bond acceptors (Lipinski definition) is 5. The smallest absolute Gasteiger partial charge is 0.341 e. The average Bonchev–Trinajstić information content (AvgIpc) is 2.67. The van der Waals surface area contributed by atoms with Gasteiger partial charge < -0.3 is 4.74 Å². The molecule has 0 radical (unpaired) electrons. The van der Waals surface area contributed by atoms with E-state index >= 15 is 0 Å². The summed E-state index contributed by atoms with van der Waals surface area (Å²) in [6, 6.07) is 0. The number of nitrogens with one attached hydrogen (secondary N) is 1. The fraction of sp³-hybridized carbons (Fsp3) is 0.400. The summed E-state index contributed by atoms with van der Waals surface area (Å²) in [6.07, 6.45) is 1.37. The Bertz CT molecular complexity index is 476. The molecule has 7 heteroatoms. The number of ether oxygens (including phenoxy) is 1. The molecule has 0 bridgehead atoms. The van der Waals surface area contributed by atoms with Gasteiger partial charge in [0.25, 0.3) is 0 Å². The Kier molecular flexibility index (Phi) is 3.97. The van der Waals surface area contributed by atoms with Crippen LogP contribution >= 0.6 is 0 Å². The third kappa shape index (κ3) is 2.68. The predicted octanol–water partition coefficient (Wildman–Crippen LogP) is -0.0519. The fourth-order valence-corrected chi connectivity index (χ4v) is 1.29. The van der Waals surface area contributed by atoms with E-state index in [1.165, 1.54) is 32.0 Å². The normalized spacial score (nSPS) is 11.2. The summed E-state index contributed by atoms with van der Waals surface area (Å²) >= 11 is 0. The van der Waals surface area contributed by atoms with Crippen molar-refractivity contribution in [2.24, 2.45) is 4.99 Å². The van der Waals surface area contributed by atoms with E-state index in [0.717, 1.165) is 0 Å². The maximum absolute atomic E-state index is 11.4. The van der Waals surface area contributed by atoms with Gasteiger partial charge in [-0.2, -0.15) is 5.10 Å². The van der Waals surface area contributed by atoms with E-state index < -0.39 is 5.97 Å². The van der Waals surface area contributed by atoms with Crippen LogP contribution in [0.25, 0.3) is 0 Å². The standard InChI is InChI=1S/C10H14N4O3/c1-6-8(9(16)17-4)5-12-14(6)10(11-3)13-7(2)15/h5H,1-4H3,(H,11,13,15). The second-order valence-electron chi connectivity index (χ2n) is 3.28. The van der Waals surface area contributed by atoms with Gasteiger partial charge in [-0.1, -0.05) is 0 Å². The molecule has 0 fully saturated rings. The average molecular weight is 238 g/mol. The quantitative estimate of drug-likeness (QED) is 0.422. The first-order valence-electron chi connectivity index (χ1n) is 4.89. The lowest BCUT2D eigenvalue weighted by atomic mass is 10.3. The van der Waals surface area contributed by atoms with E-state index in [1.807, 2.05) is 0 Å². The first-order valence-corrected chi connectivity index (χ1v) is 4.89. The Hall–Kier alpha value is -2.18. The summed E-state index contributed by atoms with van der Waals surface area (Å²) in [7, 11) is 2.81. The number of aliphatic imine (C=N–C) groups is 1. The van der Waals surface area contributed by atoms with Gasteiger partial charge in [0.05, 0.1) is 19.0 Å². The maximum atomic E-state index is 11.4. The molecule has 0 saturated carbocycles. The third-order valence-corrected chi connectivity index (χ3v) is 2.12. The molecular weight excluding hydrogens is 224 g/mol. The zero-order valence-corrected chi connectivity index (χ0v) is 10.1. The molecule has 1 aromatic rings. The van der Waals surface area contributed by atoms with Crippen LogP contribution < -0.4 is 5.32 Å². The van der Waals surface area contributed by atoms with E-state index in [4.69, 9.17) is 0 Å². The summed E-state index contributed by atoms with van der Waals surface area (Å²) in [6.45, 7) is 3.05. The maximum Gasteiger partial charge on any atom is 0.341 e. The molecule has 1 amide bonds. The number of amides is 1. The molecule has 0 aliphatic carbocycles. The van der Waals surface area contributed by atoms with Gasteiger partial charge in [0.1, 0.15) is 5.56 Å². The number of aromatic nitrogens is 2. The summed E-state index contributed by atoms with van der Waals surface area (Å²) in [5.74, 6) is -0.489. The van der Waals surface area contributed by atoms with Gasteiger partial charge in [0, 0.05) is 14.0 Å². The molecule has 0 aliphatic heterocycles.